The van der Waals surface area contributed by atoms with E-state index < -0.39 is 0 Å². The molecule has 0 amide bonds. The average Bonchev–Trinajstić information content (AvgIpc) is 2.42. The number of halogens is 3. The summed E-state index contributed by atoms with van der Waals surface area (Å²) in [6.07, 6.45) is 0.966. The quantitative estimate of drug-likeness (QED) is 0.798. The summed E-state index contributed by atoms with van der Waals surface area (Å²) in [6.45, 7) is 2.87. The van der Waals surface area contributed by atoms with Crippen LogP contribution in [0.3, 0.4) is 0 Å². The Kier molecular flexibility index (Phi) is 5.41. The lowest BCUT2D eigenvalue weighted by atomic mass is 9.98. The van der Waals surface area contributed by atoms with Crippen molar-refractivity contribution in [2.75, 3.05) is 6.54 Å². The monoisotopic (exact) mass is 311 g/mol. The van der Waals surface area contributed by atoms with E-state index in [9.17, 15) is 4.39 Å². The summed E-state index contributed by atoms with van der Waals surface area (Å²) in [5.41, 5.74) is 1.60. The summed E-state index contributed by atoms with van der Waals surface area (Å²) in [7, 11) is 0. The number of hydrogen-bond donors (Lipinski definition) is 1. The van der Waals surface area contributed by atoms with Crippen molar-refractivity contribution in [3.8, 4) is 0 Å². The van der Waals surface area contributed by atoms with Crippen LogP contribution in [0.4, 0.5) is 4.39 Å². The van der Waals surface area contributed by atoms with Gasteiger partial charge in [-0.1, -0.05) is 48.3 Å². The average molecular weight is 312 g/mol. The van der Waals surface area contributed by atoms with Gasteiger partial charge < -0.3 is 5.32 Å². The molecule has 0 aliphatic heterocycles. The molecule has 0 aromatic heterocycles. The first-order chi connectivity index (χ1) is 9.63. The first-order valence-electron chi connectivity index (χ1n) is 6.56. The molecule has 2 aromatic rings. The third kappa shape index (κ3) is 3.51. The van der Waals surface area contributed by atoms with Gasteiger partial charge in [-0.3, -0.25) is 0 Å². The lowest BCUT2D eigenvalue weighted by Gasteiger charge is -2.22. The molecular weight excluding hydrogens is 296 g/mol. The highest BCUT2D eigenvalue weighted by molar-refractivity contribution is 6.36. The highest BCUT2D eigenvalue weighted by atomic mass is 35.5. The molecule has 0 spiro atoms. The van der Waals surface area contributed by atoms with Crippen LogP contribution >= 0.6 is 23.2 Å². The highest BCUT2D eigenvalue weighted by Crippen LogP contribution is 2.34. The fraction of sp³-hybridized carbons (Fsp3) is 0.250. The van der Waals surface area contributed by atoms with Crippen molar-refractivity contribution in [3.63, 3.8) is 0 Å². The van der Waals surface area contributed by atoms with Crippen molar-refractivity contribution < 1.29 is 4.39 Å². The van der Waals surface area contributed by atoms with Crippen LogP contribution in [0.2, 0.25) is 10.0 Å². The molecule has 1 unspecified atom stereocenters. The molecule has 0 saturated carbocycles. The maximum Gasteiger partial charge on any atom is 0.123 e. The van der Waals surface area contributed by atoms with E-state index >= 15 is 0 Å². The fourth-order valence-electron chi connectivity index (χ4n) is 2.15. The van der Waals surface area contributed by atoms with Crippen LogP contribution in [0.1, 0.15) is 30.5 Å². The van der Waals surface area contributed by atoms with Gasteiger partial charge in [-0.2, -0.15) is 0 Å². The fourth-order valence-corrected chi connectivity index (χ4v) is 2.76. The molecule has 4 heteroatoms. The van der Waals surface area contributed by atoms with E-state index in [0.717, 1.165) is 24.1 Å². The Labute approximate surface area is 128 Å². The molecular formula is C16H16Cl2FN. The Morgan fingerprint density at radius 1 is 1.10 bits per heavy atom. The summed E-state index contributed by atoms with van der Waals surface area (Å²) < 4.78 is 13.5. The first-order valence-corrected chi connectivity index (χ1v) is 7.31. The van der Waals surface area contributed by atoms with Gasteiger partial charge in [0.15, 0.2) is 0 Å². The summed E-state index contributed by atoms with van der Waals surface area (Å²) in [6, 6.07) is 11.7. The zero-order valence-electron chi connectivity index (χ0n) is 11.2. The maximum absolute atomic E-state index is 13.5. The molecule has 1 N–H and O–H groups in total. The van der Waals surface area contributed by atoms with Crippen molar-refractivity contribution in [1.29, 1.82) is 0 Å². The van der Waals surface area contributed by atoms with Crippen LogP contribution < -0.4 is 5.32 Å². The summed E-state index contributed by atoms with van der Waals surface area (Å²) >= 11 is 12.5. The van der Waals surface area contributed by atoms with E-state index in [1.165, 1.54) is 12.1 Å². The van der Waals surface area contributed by atoms with Crippen molar-refractivity contribution in [2.45, 2.75) is 19.4 Å². The Bertz CT molecular complexity index is 566. The molecule has 0 saturated heterocycles. The van der Waals surface area contributed by atoms with Crippen LogP contribution in [0.25, 0.3) is 0 Å². The molecule has 0 bridgehead atoms. The van der Waals surface area contributed by atoms with E-state index in [4.69, 9.17) is 23.2 Å². The molecule has 20 heavy (non-hydrogen) atoms. The van der Waals surface area contributed by atoms with E-state index in [1.54, 1.807) is 24.3 Å². The van der Waals surface area contributed by atoms with Gasteiger partial charge >= 0.3 is 0 Å². The van der Waals surface area contributed by atoms with Crippen LogP contribution in [0.15, 0.2) is 42.5 Å². The highest BCUT2D eigenvalue weighted by Gasteiger charge is 2.19. The number of rotatable bonds is 5. The van der Waals surface area contributed by atoms with Crippen LogP contribution in [0.5, 0.6) is 0 Å². The van der Waals surface area contributed by atoms with E-state index in [2.05, 4.69) is 12.2 Å². The second-order valence-corrected chi connectivity index (χ2v) is 5.39. The Morgan fingerprint density at radius 3 is 2.35 bits per heavy atom. The Hall–Kier alpha value is -1.09. The molecule has 1 atom stereocenters. The minimum Gasteiger partial charge on any atom is -0.306 e. The summed E-state index contributed by atoms with van der Waals surface area (Å²) in [5.74, 6) is -0.269. The van der Waals surface area contributed by atoms with Crippen LogP contribution in [-0.4, -0.2) is 6.54 Å². The molecule has 1 nitrogen and oxygen atoms in total. The van der Waals surface area contributed by atoms with Crippen LogP contribution in [-0.2, 0) is 0 Å². The number of hydrogen-bond acceptors (Lipinski definition) is 1. The molecule has 106 valence electrons. The molecule has 0 radical (unpaired) electrons. The number of nitrogens with one attached hydrogen (secondary N) is 1. The van der Waals surface area contributed by atoms with Gasteiger partial charge in [0, 0.05) is 15.6 Å². The summed E-state index contributed by atoms with van der Waals surface area (Å²) in [4.78, 5) is 0. The summed E-state index contributed by atoms with van der Waals surface area (Å²) in [5, 5.41) is 4.53. The molecule has 2 rings (SSSR count). The van der Waals surface area contributed by atoms with Crippen LogP contribution in [0, 0.1) is 5.82 Å². The van der Waals surface area contributed by atoms with Gasteiger partial charge in [-0.05, 0) is 42.8 Å². The molecule has 2 aromatic carbocycles. The van der Waals surface area contributed by atoms with E-state index in [-0.39, 0.29) is 11.9 Å². The van der Waals surface area contributed by atoms with Gasteiger partial charge in [-0.25, -0.2) is 4.39 Å². The Morgan fingerprint density at radius 2 is 1.75 bits per heavy atom. The minimum absolute atomic E-state index is 0.216. The van der Waals surface area contributed by atoms with Crippen molar-refractivity contribution >= 4 is 23.2 Å². The second kappa shape index (κ2) is 7.07. The van der Waals surface area contributed by atoms with Gasteiger partial charge in [0.25, 0.3) is 0 Å². The molecule has 0 heterocycles. The predicted octanol–water partition coefficient (Wildman–Crippen LogP) is 5.22. The van der Waals surface area contributed by atoms with Gasteiger partial charge in [0.2, 0.25) is 0 Å². The minimum atomic E-state index is -0.269. The molecule has 0 fully saturated rings. The second-order valence-electron chi connectivity index (χ2n) is 4.58. The third-order valence-corrected chi connectivity index (χ3v) is 3.73. The Balaban J connectivity index is 2.47. The SMILES string of the molecule is CCCNC(c1cccc(F)c1)c1c(Cl)cccc1Cl. The van der Waals surface area contributed by atoms with Gasteiger partial charge in [0.1, 0.15) is 5.82 Å². The smallest absolute Gasteiger partial charge is 0.123 e. The number of benzene rings is 2. The lowest BCUT2D eigenvalue weighted by Crippen LogP contribution is -2.24. The van der Waals surface area contributed by atoms with E-state index in [1.807, 2.05) is 6.07 Å². The molecule has 0 aliphatic rings. The zero-order chi connectivity index (χ0) is 14.5. The van der Waals surface area contributed by atoms with Gasteiger partial charge in [0.05, 0.1) is 6.04 Å². The maximum atomic E-state index is 13.5. The van der Waals surface area contributed by atoms with Crippen molar-refractivity contribution in [2.24, 2.45) is 0 Å². The standard InChI is InChI=1S/C16H16Cl2FN/c1-2-9-20-16(11-5-3-6-12(19)10-11)15-13(17)7-4-8-14(15)18/h3-8,10,16,20H,2,9H2,1H3. The van der Waals surface area contributed by atoms with Crippen molar-refractivity contribution in [3.05, 3.63) is 69.5 Å². The largest absolute Gasteiger partial charge is 0.306 e. The van der Waals surface area contributed by atoms with Gasteiger partial charge in [-0.15, -0.1) is 0 Å². The van der Waals surface area contributed by atoms with Crippen molar-refractivity contribution in [1.82, 2.24) is 5.32 Å². The van der Waals surface area contributed by atoms with E-state index in [0.29, 0.717) is 10.0 Å². The molecule has 0 aliphatic carbocycles. The third-order valence-electron chi connectivity index (χ3n) is 3.07. The normalized spacial score (nSPS) is 12.4. The predicted molar refractivity (Wildman–Crippen MR) is 83.0 cm³/mol. The topological polar surface area (TPSA) is 12.0 Å². The lowest BCUT2D eigenvalue weighted by molar-refractivity contribution is 0.586. The zero-order valence-corrected chi connectivity index (χ0v) is 12.7. The first kappa shape index (κ1) is 15.3.